The maximum Gasteiger partial charge on any atom is 0.253 e. The summed E-state index contributed by atoms with van der Waals surface area (Å²) in [6.07, 6.45) is 0. The fourth-order valence-corrected chi connectivity index (χ4v) is 1.96. The SMILES string of the molecule is Cc1nc(-c2ccccc2)c(C(N)=O)c(=S)[nH]1. The summed E-state index contributed by atoms with van der Waals surface area (Å²) in [5.41, 5.74) is 6.95. The predicted molar refractivity (Wildman–Crippen MR) is 68.1 cm³/mol. The van der Waals surface area contributed by atoms with E-state index in [1.165, 1.54) is 0 Å². The van der Waals surface area contributed by atoms with Crippen LogP contribution in [0, 0.1) is 11.6 Å². The molecule has 0 unspecified atom stereocenters. The first-order chi connectivity index (χ1) is 8.09. The zero-order valence-electron chi connectivity index (χ0n) is 9.23. The molecular formula is C12H11N3OS. The second kappa shape index (κ2) is 4.47. The van der Waals surface area contributed by atoms with Crippen molar-refractivity contribution >= 4 is 18.1 Å². The standard InChI is InChI=1S/C12H11N3OS/c1-7-14-10(8-5-3-2-4-6-8)9(11(13)16)12(17)15-7/h2-6H,1H3,(H2,13,16)(H,14,15,17). The Balaban J connectivity index is 2.77. The number of aromatic nitrogens is 2. The normalized spacial score (nSPS) is 10.2. The Labute approximate surface area is 104 Å². The van der Waals surface area contributed by atoms with Gasteiger partial charge in [-0.3, -0.25) is 4.79 Å². The highest BCUT2D eigenvalue weighted by molar-refractivity contribution is 7.71. The van der Waals surface area contributed by atoms with Crippen LogP contribution in [0.25, 0.3) is 11.3 Å². The minimum atomic E-state index is -0.572. The summed E-state index contributed by atoms with van der Waals surface area (Å²) in [5, 5.41) is 0. The van der Waals surface area contributed by atoms with Crippen molar-refractivity contribution in [2.24, 2.45) is 5.73 Å². The number of H-pyrrole nitrogens is 1. The third-order valence-electron chi connectivity index (χ3n) is 2.33. The van der Waals surface area contributed by atoms with Crippen molar-refractivity contribution in [3.05, 3.63) is 46.4 Å². The highest BCUT2D eigenvalue weighted by Gasteiger charge is 2.14. The number of hydrogen-bond donors (Lipinski definition) is 2. The van der Waals surface area contributed by atoms with Gasteiger partial charge < -0.3 is 10.7 Å². The summed E-state index contributed by atoms with van der Waals surface area (Å²) in [6, 6.07) is 9.36. The molecule has 4 nitrogen and oxygen atoms in total. The molecule has 3 N–H and O–H groups in total. The first kappa shape index (κ1) is 11.5. The summed E-state index contributed by atoms with van der Waals surface area (Å²) < 4.78 is 0.323. The molecule has 0 saturated heterocycles. The van der Waals surface area contributed by atoms with E-state index >= 15 is 0 Å². The third kappa shape index (κ3) is 2.24. The van der Waals surface area contributed by atoms with Crippen LogP contribution in [0.4, 0.5) is 0 Å². The van der Waals surface area contributed by atoms with Gasteiger partial charge in [-0.25, -0.2) is 4.98 Å². The average molecular weight is 245 g/mol. The Morgan fingerprint density at radius 2 is 2.00 bits per heavy atom. The van der Waals surface area contributed by atoms with Crippen LogP contribution in [0.1, 0.15) is 16.2 Å². The lowest BCUT2D eigenvalue weighted by molar-refractivity contribution is 0.1000. The summed E-state index contributed by atoms with van der Waals surface area (Å²) in [4.78, 5) is 18.6. The molecule has 1 heterocycles. The number of primary amides is 1. The molecule has 86 valence electrons. The molecule has 2 rings (SSSR count). The van der Waals surface area contributed by atoms with Crippen molar-refractivity contribution in [3.63, 3.8) is 0 Å². The number of carbonyl (C=O) groups excluding carboxylic acids is 1. The van der Waals surface area contributed by atoms with E-state index in [4.69, 9.17) is 18.0 Å². The highest BCUT2D eigenvalue weighted by atomic mass is 32.1. The van der Waals surface area contributed by atoms with Gasteiger partial charge in [-0.05, 0) is 6.92 Å². The molecule has 0 aliphatic rings. The summed E-state index contributed by atoms with van der Waals surface area (Å²) in [5.74, 6) is 0.0801. The van der Waals surface area contributed by atoms with Crippen molar-refractivity contribution in [2.75, 3.05) is 0 Å². The van der Waals surface area contributed by atoms with E-state index < -0.39 is 5.91 Å². The molecule has 1 aromatic heterocycles. The molecule has 5 heteroatoms. The number of aryl methyl sites for hydroxylation is 1. The molecule has 0 atom stereocenters. The number of carbonyl (C=O) groups is 1. The molecule has 0 radical (unpaired) electrons. The zero-order chi connectivity index (χ0) is 12.4. The first-order valence-electron chi connectivity index (χ1n) is 5.05. The lowest BCUT2D eigenvalue weighted by atomic mass is 10.1. The van der Waals surface area contributed by atoms with Gasteiger partial charge in [-0.15, -0.1) is 0 Å². The van der Waals surface area contributed by atoms with Gasteiger partial charge in [0.15, 0.2) is 0 Å². The molecular weight excluding hydrogens is 234 g/mol. The topological polar surface area (TPSA) is 71.8 Å². The number of rotatable bonds is 2. The number of nitrogens with one attached hydrogen (secondary N) is 1. The van der Waals surface area contributed by atoms with Gasteiger partial charge in [0.2, 0.25) is 0 Å². The highest BCUT2D eigenvalue weighted by Crippen LogP contribution is 2.21. The third-order valence-corrected chi connectivity index (χ3v) is 2.64. The number of aromatic amines is 1. The van der Waals surface area contributed by atoms with Crippen LogP contribution in [0.3, 0.4) is 0 Å². The van der Waals surface area contributed by atoms with Crippen molar-refractivity contribution in [3.8, 4) is 11.3 Å². The van der Waals surface area contributed by atoms with Crippen LogP contribution in [0.2, 0.25) is 0 Å². The van der Waals surface area contributed by atoms with Gasteiger partial charge in [0.1, 0.15) is 16.0 Å². The van der Waals surface area contributed by atoms with Crippen LogP contribution >= 0.6 is 12.2 Å². The number of amides is 1. The fourth-order valence-electron chi connectivity index (χ4n) is 1.62. The number of benzene rings is 1. The fraction of sp³-hybridized carbons (Fsp3) is 0.0833. The Morgan fingerprint density at radius 3 is 2.59 bits per heavy atom. The predicted octanol–water partition coefficient (Wildman–Crippen LogP) is 2.21. The average Bonchev–Trinajstić information content (AvgIpc) is 2.28. The minimum absolute atomic E-state index is 0.261. The Bertz CT molecular complexity index is 619. The van der Waals surface area contributed by atoms with E-state index in [1.807, 2.05) is 30.3 Å². The second-order valence-corrected chi connectivity index (χ2v) is 4.01. The molecule has 1 aromatic carbocycles. The quantitative estimate of drug-likeness (QED) is 0.797. The van der Waals surface area contributed by atoms with Crippen LogP contribution in [0.15, 0.2) is 30.3 Å². The van der Waals surface area contributed by atoms with E-state index in [-0.39, 0.29) is 5.56 Å². The molecule has 0 aliphatic heterocycles. The van der Waals surface area contributed by atoms with Crippen LogP contribution < -0.4 is 5.73 Å². The van der Waals surface area contributed by atoms with E-state index in [0.717, 1.165) is 5.56 Å². The van der Waals surface area contributed by atoms with Gasteiger partial charge in [0.25, 0.3) is 5.91 Å². The lowest BCUT2D eigenvalue weighted by Crippen LogP contribution is -2.15. The summed E-state index contributed by atoms with van der Waals surface area (Å²) >= 11 is 5.11. The van der Waals surface area contributed by atoms with Gasteiger partial charge in [-0.1, -0.05) is 42.5 Å². The number of hydrogen-bond acceptors (Lipinski definition) is 3. The van der Waals surface area contributed by atoms with E-state index in [2.05, 4.69) is 9.97 Å². The maximum atomic E-state index is 11.4. The van der Waals surface area contributed by atoms with Crippen LogP contribution in [0.5, 0.6) is 0 Å². The van der Waals surface area contributed by atoms with Gasteiger partial charge in [-0.2, -0.15) is 0 Å². The van der Waals surface area contributed by atoms with Gasteiger partial charge in [0.05, 0.1) is 5.69 Å². The van der Waals surface area contributed by atoms with Crippen molar-refractivity contribution < 1.29 is 4.79 Å². The van der Waals surface area contributed by atoms with E-state index in [1.54, 1.807) is 6.92 Å². The molecule has 0 saturated carbocycles. The van der Waals surface area contributed by atoms with E-state index in [0.29, 0.717) is 16.2 Å². The van der Waals surface area contributed by atoms with E-state index in [9.17, 15) is 4.79 Å². The smallest absolute Gasteiger partial charge is 0.253 e. The molecule has 0 spiro atoms. The number of nitrogens with two attached hydrogens (primary N) is 1. The van der Waals surface area contributed by atoms with Crippen LogP contribution in [-0.2, 0) is 0 Å². The van der Waals surface area contributed by atoms with Gasteiger partial charge >= 0.3 is 0 Å². The van der Waals surface area contributed by atoms with Crippen molar-refractivity contribution in [1.82, 2.24) is 9.97 Å². The Kier molecular flexibility index (Phi) is 3.01. The first-order valence-corrected chi connectivity index (χ1v) is 5.46. The Morgan fingerprint density at radius 1 is 1.35 bits per heavy atom. The minimum Gasteiger partial charge on any atom is -0.365 e. The largest absolute Gasteiger partial charge is 0.365 e. The molecule has 0 bridgehead atoms. The van der Waals surface area contributed by atoms with Crippen molar-refractivity contribution in [1.29, 1.82) is 0 Å². The molecule has 1 amide bonds. The zero-order valence-corrected chi connectivity index (χ0v) is 10.0. The molecule has 0 aliphatic carbocycles. The van der Waals surface area contributed by atoms with Crippen molar-refractivity contribution in [2.45, 2.75) is 6.92 Å². The Hall–Kier alpha value is -2.01. The lowest BCUT2D eigenvalue weighted by Gasteiger charge is -2.07. The number of nitrogens with zero attached hydrogens (tertiary/aromatic N) is 1. The second-order valence-electron chi connectivity index (χ2n) is 3.61. The molecule has 2 aromatic rings. The van der Waals surface area contributed by atoms with Crippen LogP contribution in [-0.4, -0.2) is 15.9 Å². The monoisotopic (exact) mass is 245 g/mol. The summed E-state index contributed by atoms with van der Waals surface area (Å²) in [7, 11) is 0. The molecule has 17 heavy (non-hydrogen) atoms. The summed E-state index contributed by atoms with van der Waals surface area (Å²) in [6.45, 7) is 1.78. The van der Waals surface area contributed by atoms with Gasteiger partial charge in [0, 0.05) is 5.56 Å². The maximum absolute atomic E-state index is 11.4. The molecule has 0 fully saturated rings.